The van der Waals surface area contributed by atoms with Crippen LogP contribution in [-0.4, -0.2) is 96.3 Å². The molecule has 2 aliphatic rings. The van der Waals surface area contributed by atoms with E-state index in [1.165, 1.54) is 6.34 Å². The van der Waals surface area contributed by atoms with Crippen LogP contribution in [0.5, 0.6) is 11.6 Å². The van der Waals surface area contributed by atoms with E-state index in [-0.39, 0.29) is 12.0 Å². The normalized spacial score (nSPS) is 20.6. The predicted octanol–water partition coefficient (Wildman–Crippen LogP) is 4.97. The molecule has 3 heterocycles. The number of methoxy groups -OCH3 is 1. The molecule has 1 saturated carbocycles. The van der Waals surface area contributed by atoms with Gasteiger partial charge in [-0.1, -0.05) is 24.6 Å². The van der Waals surface area contributed by atoms with Crippen LogP contribution in [0.2, 0.25) is 5.02 Å². The van der Waals surface area contributed by atoms with Crippen LogP contribution in [0.4, 0.5) is 11.6 Å². The van der Waals surface area contributed by atoms with E-state index in [0.29, 0.717) is 54.4 Å². The highest BCUT2D eigenvalue weighted by Crippen LogP contribution is 2.35. The molecule has 1 saturated heterocycles. The average molecular weight is 641 g/mol. The van der Waals surface area contributed by atoms with Crippen molar-refractivity contribution < 1.29 is 18.9 Å². The fourth-order valence-electron chi connectivity index (χ4n) is 5.84. The van der Waals surface area contributed by atoms with E-state index in [9.17, 15) is 0 Å². The lowest BCUT2D eigenvalue weighted by molar-refractivity contribution is 0.00502. The molecule has 1 aromatic carbocycles. The van der Waals surface area contributed by atoms with Crippen molar-refractivity contribution in [2.45, 2.75) is 57.7 Å². The van der Waals surface area contributed by atoms with Crippen molar-refractivity contribution in [3.63, 3.8) is 0 Å². The van der Waals surface area contributed by atoms with Crippen LogP contribution in [0.15, 0.2) is 41.8 Å². The van der Waals surface area contributed by atoms with Crippen molar-refractivity contribution in [2.75, 3.05) is 58.5 Å². The van der Waals surface area contributed by atoms with Gasteiger partial charge >= 0.3 is 0 Å². The summed E-state index contributed by atoms with van der Waals surface area (Å²) >= 11 is 6.39. The van der Waals surface area contributed by atoms with Crippen molar-refractivity contribution in [1.29, 1.82) is 0 Å². The van der Waals surface area contributed by atoms with Crippen LogP contribution in [-0.2, 0) is 9.47 Å². The number of anilines is 2. The first-order valence-corrected chi connectivity index (χ1v) is 16.1. The smallest absolute Gasteiger partial charge is 0.256 e. The topological polar surface area (TPSA) is 134 Å². The lowest BCUT2D eigenvalue weighted by Gasteiger charge is -2.38. The highest BCUT2D eigenvalue weighted by atomic mass is 35.5. The van der Waals surface area contributed by atoms with Crippen LogP contribution >= 0.6 is 11.6 Å². The number of hydrogen-bond acceptors (Lipinski definition) is 10. The lowest BCUT2D eigenvalue weighted by atomic mass is 9.90. The maximum atomic E-state index is 6.39. The number of nitrogens with zero attached hydrogens (tertiary/aromatic N) is 6. The molecule has 1 aliphatic carbocycles. The maximum absolute atomic E-state index is 6.39. The van der Waals surface area contributed by atoms with E-state index in [1.807, 2.05) is 25.3 Å². The van der Waals surface area contributed by atoms with E-state index < -0.39 is 0 Å². The minimum atomic E-state index is -0.185. The molecule has 1 aliphatic heterocycles. The van der Waals surface area contributed by atoms with Gasteiger partial charge in [0.15, 0.2) is 0 Å². The number of halogens is 1. The number of aromatic nitrogens is 4. The average Bonchev–Trinajstić information content (AvgIpc) is 3.47. The molecule has 0 radical (unpaired) electrons. The number of morpholine rings is 1. The molecule has 0 bridgehead atoms. The first kappa shape index (κ1) is 32.9. The Balaban J connectivity index is 1.27. The van der Waals surface area contributed by atoms with Crippen LogP contribution in [0.1, 0.15) is 45.6 Å². The molecule has 0 amide bonds. The lowest BCUT2D eigenvalue weighted by Crippen LogP contribution is -2.45. The first-order chi connectivity index (χ1) is 21.9. The fraction of sp³-hybridized carbons (Fsp3) is 0.562. The number of hydrogen-bond donors (Lipinski definition) is 2. The van der Waals surface area contributed by atoms with E-state index in [2.05, 4.69) is 36.8 Å². The van der Waals surface area contributed by atoms with Crippen LogP contribution in [0, 0.1) is 5.92 Å². The van der Waals surface area contributed by atoms with Gasteiger partial charge in [0.25, 0.3) is 5.88 Å². The van der Waals surface area contributed by atoms with Gasteiger partial charge in [-0.2, -0.15) is 0 Å². The molecule has 5 rings (SSSR count). The van der Waals surface area contributed by atoms with Crippen molar-refractivity contribution >= 4 is 29.6 Å². The summed E-state index contributed by atoms with van der Waals surface area (Å²) in [6, 6.07) is 6.52. The van der Waals surface area contributed by atoms with Gasteiger partial charge in [-0.25, -0.2) is 9.97 Å². The SMILES string of the molecule is COCC(C)COc1nn(C2CCC(N3CCOCC3)CC2)cc1Nc1ncc(-c2ccc(Cl)c(O[C@@H](C)CN=CN)c2)cn1. The molecule has 3 aromatic rings. The summed E-state index contributed by atoms with van der Waals surface area (Å²) in [5, 5.41) is 8.74. The molecule has 2 fully saturated rings. The molecule has 2 atom stereocenters. The van der Waals surface area contributed by atoms with E-state index in [4.69, 9.17) is 41.4 Å². The third kappa shape index (κ3) is 9.06. The minimum Gasteiger partial charge on any atom is -0.487 e. The van der Waals surface area contributed by atoms with Gasteiger partial charge in [0.1, 0.15) is 17.5 Å². The summed E-state index contributed by atoms with van der Waals surface area (Å²) in [6.45, 7) is 9.25. The Morgan fingerprint density at radius 2 is 1.82 bits per heavy atom. The summed E-state index contributed by atoms with van der Waals surface area (Å²) < 4.78 is 25.1. The van der Waals surface area contributed by atoms with Crippen molar-refractivity contribution in [2.24, 2.45) is 16.6 Å². The highest BCUT2D eigenvalue weighted by molar-refractivity contribution is 6.32. The van der Waals surface area contributed by atoms with Gasteiger partial charge in [0.05, 0.1) is 56.6 Å². The number of ether oxygens (including phenoxy) is 4. The molecule has 244 valence electrons. The Morgan fingerprint density at radius 1 is 1.09 bits per heavy atom. The van der Waals surface area contributed by atoms with Crippen molar-refractivity contribution in [1.82, 2.24) is 24.6 Å². The standard InChI is InChI=1S/C32H45ClN8O4/c1-22(19-42-3)20-44-31-29(18-41(39-31)27-7-5-26(6-8-27)40-10-12-43-13-11-40)38-32-36-16-25(17-37-32)24-4-9-28(33)30(14-24)45-23(2)15-35-21-34/h4,9,14,16-18,21-23,26-27H,5-8,10-13,15,19-20H2,1-3H3,(H2,34,35)(H,36,37,38)/t22?,23-,26?,27?/m0/s1. The van der Waals surface area contributed by atoms with Gasteiger partial charge in [0.2, 0.25) is 5.95 Å². The summed E-state index contributed by atoms with van der Waals surface area (Å²) in [4.78, 5) is 15.8. The van der Waals surface area contributed by atoms with Gasteiger partial charge in [-0.05, 0) is 50.3 Å². The molecule has 0 spiro atoms. The second-order valence-corrected chi connectivity index (χ2v) is 12.2. The van der Waals surface area contributed by atoms with Crippen molar-refractivity contribution in [3.05, 3.63) is 41.8 Å². The Kier molecular flexibility index (Phi) is 11.9. The first-order valence-electron chi connectivity index (χ1n) is 15.7. The Hall–Kier alpha value is -3.45. The minimum absolute atomic E-state index is 0.185. The molecular weight excluding hydrogens is 596 g/mol. The van der Waals surface area contributed by atoms with Crippen LogP contribution in [0.3, 0.4) is 0 Å². The second kappa shape index (κ2) is 16.2. The number of benzene rings is 1. The zero-order valence-corrected chi connectivity index (χ0v) is 27.2. The molecule has 45 heavy (non-hydrogen) atoms. The monoisotopic (exact) mass is 640 g/mol. The molecular formula is C32H45ClN8O4. The molecule has 13 heteroatoms. The van der Waals surface area contributed by atoms with E-state index in [0.717, 1.165) is 68.8 Å². The van der Waals surface area contributed by atoms with E-state index >= 15 is 0 Å². The van der Waals surface area contributed by atoms with Crippen LogP contribution in [0.25, 0.3) is 11.1 Å². The zero-order valence-electron chi connectivity index (χ0n) is 26.4. The third-order valence-electron chi connectivity index (χ3n) is 8.22. The molecule has 2 aromatic heterocycles. The number of aliphatic imine (C=N–C) groups is 1. The van der Waals surface area contributed by atoms with E-state index in [1.54, 1.807) is 25.6 Å². The number of nitrogens with one attached hydrogen (secondary N) is 1. The summed E-state index contributed by atoms with van der Waals surface area (Å²) in [5.41, 5.74) is 7.80. The highest BCUT2D eigenvalue weighted by Gasteiger charge is 2.29. The fourth-order valence-corrected chi connectivity index (χ4v) is 6.00. The quantitative estimate of drug-likeness (QED) is 0.184. The largest absolute Gasteiger partial charge is 0.487 e. The summed E-state index contributed by atoms with van der Waals surface area (Å²) in [6.07, 6.45) is 11.1. The zero-order chi connectivity index (χ0) is 31.6. The summed E-state index contributed by atoms with van der Waals surface area (Å²) in [7, 11) is 1.70. The summed E-state index contributed by atoms with van der Waals surface area (Å²) in [5.74, 6) is 1.76. The van der Waals surface area contributed by atoms with Crippen molar-refractivity contribution in [3.8, 4) is 22.8 Å². The van der Waals surface area contributed by atoms with Crippen LogP contribution < -0.4 is 20.5 Å². The molecule has 12 nitrogen and oxygen atoms in total. The van der Waals surface area contributed by atoms with Gasteiger partial charge in [-0.3, -0.25) is 14.6 Å². The van der Waals surface area contributed by atoms with Gasteiger partial charge < -0.3 is 30.0 Å². The maximum Gasteiger partial charge on any atom is 0.256 e. The number of rotatable bonds is 14. The number of nitrogens with two attached hydrogens (primary N) is 1. The third-order valence-corrected chi connectivity index (χ3v) is 8.53. The van der Waals surface area contributed by atoms with Gasteiger partial charge in [-0.15, -0.1) is 5.10 Å². The Bertz CT molecular complexity index is 1370. The predicted molar refractivity (Wildman–Crippen MR) is 176 cm³/mol. The Morgan fingerprint density at radius 3 is 2.53 bits per heavy atom. The second-order valence-electron chi connectivity index (χ2n) is 11.8. The molecule has 3 N–H and O–H groups in total. The molecule has 1 unspecified atom stereocenters. The van der Waals surface area contributed by atoms with Gasteiger partial charge in [0, 0.05) is 50.1 Å². The Labute approximate surface area is 270 Å².